The van der Waals surface area contributed by atoms with Crippen molar-refractivity contribution in [3.8, 4) is 0 Å². The van der Waals surface area contributed by atoms with E-state index in [0.717, 1.165) is 24.3 Å². The Labute approximate surface area is 63.4 Å². The maximum Gasteiger partial charge on any atom is 0.271 e. The van der Waals surface area contributed by atoms with Gasteiger partial charge in [0.05, 0.1) is 5.69 Å². The Bertz CT molecular complexity index is 342. The summed E-state index contributed by atoms with van der Waals surface area (Å²) in [4.78, 5) is 13.7. The van der Waals surface area contributed by atoms with E-state index < -0.39 is 0 Å². The third-order valence-electron chi connectivity index (χ3n) is 1.86. The number of rotatable bonds is 0. The fourth-order valence-electron chi connectivity index (χ4n) is 1.27. The molecule has 4 N–H and O–H groups in total. The minimum absolute atomic E-state index is 0.188. The summed E-state index contributed by atoms with van der Waals surface area (Å²) in [6, 6.07) is 1.73. The number of nitrogens with two attached hydrogens (primary N) is 1. The summed E-state index contributed by atoms with van der Waals surface area (Å²) >= 11 is 0. The van der Waals surface area contributed by atoms with E-state index in [2.05, 4.69) is 10.3 Å². The predicted octanol–water partition coefficient (Wildman–Crippen LogP) is -0.440. The van der Waals surface area contributed by atoms with Crippen molar-refractivity contribution >= 4 is 5.69 Å². The van der Waals surface area contributed by atoms with Crippen molar-refractivity contribution in [2.45, 2.75) is 13.1 Å². The van der Waals surface area contributed by atoms with Crippen LogP contribution in [0.4, 0.5) is 5.69 Å². The van der Waals surface area contributed by atoms with Gasteiger partial charge in [0.25, 0.3) is 5.56 Å². The molecule has 0 saturated carbocycles. The zero-order valence-corrected chi connectivity index (χ0v) is 5.98. The average molecular weight is 151 g/mol. The van der Waals surface area contributed by atoms with Crippen LogP contribution in [0.3, 0.4) is 0 Å². The summed E-state index contributed by atoms with van der Waals surface area (Å²) in [5.41, 5.74) is 7.59. The quantitative estimate of drug-likeness (QED) is 0.470. The summed E-state index contributed by atoms with van der Waals surface area (Å²) in [6.07, 6.45) is 0. The highest BCUT2D eigenvalue weighted by molar-refractivity contribution is 5.41. The number of fused-ring (bicyclic) bond motifs is 1. The molecule has 1 aromatic heterocycles. The Morgan fingerprint density at radius 1 is 1.45 bits per heavy atom. The molecule has 58 valence electrons. The summed E-state index contributed by atoms with van der Waals surface area (Å²) in [5.74, 6) is 0. The normalized spacial score (nSPS) is 14.9. The number of nitrogen functional groups attached to an aromatic ring is 1. The highest BCUT2D eigenvalue weighted by Gasteiger charge is 2.11. The number of hydrogen-bond acceptors (Lipinski definition) is 3. The molecular formula is C7H9N3O. The summed E-state index contributed by atoms with van der Waals surface area (Å²) in [5, 5.41) is 3.12. The molecule has 0 amide bonds. The number of pyridine rings is 1. The molecule has 4 heteroatoms. The van der Waals surface area contributed by atoms with Crippen molar-refractivity contribution in [2.24, 2.45) is 0 Å². The van der Waals surface area contributed by atoms with E-state index >= 15 is 0 Å². The van der Waals surface area contributed by atoms with Gasteiger partial charge in [0.15, 0.2) is 0 Å². The van der Waals surface area contributed by atoms with E-state index in [0.29, 0.717) is 5.69 Å². The van der Waals surface area contributed by atoms with Gasteiger partial charge in [-0.1, -0.05) is 0 Å². The zero-order valence-electron chi connectivity index (χ0n) is 5.98. The molecule has 1 aliphatic rings. The van der Waals surface area contributed by atoms with Crippen LogP contribution in [-0.4, -0.2) is 4.98 Å². The Balaban J connectivity index is 2.66. The van der Waals surface area contributed by atoms with Crippen LogP contribution < -0.4 is 16.6 Å². The minimum atomic E-state index is -0.188. The first-order chi connectivity index (χ1) is 5.27. The van der Waals surface area contributed by atoms with Crippen LogP contribution in [0.15, 0.2) is 10.9 Å². The smallest absolute Gasteiger partial charge is 0.271 e. The molecule has 0 aliphatic carbocycles. The third kappa shape index (κ3) is 0.914. The van der Waals surface area contributed by atoms with Gasteiger partial charge < -0.3 is 16.0 Å². The van der Waals surface area contributed by atoms with Crippen molar-refractivity contribution < 1.29 is 0 Å². The average Bonchev–Trinajstić information content (AvgIpc) is 2.36. The Morgan fingerprint density at radius 2 is 2.27 bits per heavy atom. The third-order valence-corrected chi connectivity index (χ3v) is 1.86. The number of hydrogen-bond donors (Lipinski definition) is 3. The van der Waals surface area contributed by atoms with E-state index in [9.17, 15) is 4.79 Å². The van der Waals surface area contributed by atoms with Crippen LogP contribution >= 0.6 is 0 Å². The van der Waals surface area contributed by atoms with Gasteiger partial charge in [-0.15, -0.1) is 0 Å². The topological polar surface area (TPSA) is 70.9 Å². The van der Waals surface area contributed by atoms with Crippen molar-refractivity contribution in [1.82, 2.24) is 10.3 Å². The van der Waals surface area contributed by atoms with Gasteiger partial charge in [-0.2, -0.15) is 0 Å². The van der Waals surface area contributed by atoms with E-state index in [1.807, 2.05) is 0 Å². The minimum Gasteiger partial charge on any atom is -0.394 e. The van der Waals surface area contributed by atoms with E-state index in [1.54, 1.807) is 6.07 Å². The molecular weight excluding hydrogens is 142 g/mol. The fourth-order valence-corrected chi connectivity index (χ4v) is 1.27. The Hall–Kier alpha value is -1.29. The molecule has 0 bridgehead atoms. The van der Waals surface area contributed by atoms with Gasteiger partial charge >= 0.3 is 0 Å². The number of anilines is 1. The molecule has 0 unspecified atom stereocenters. The highest BCUT2D eigenvalue weighted by atomic mass is 16.1. The molecule has 1 aliphatic heterocycles. The number of aromatic amines is 1. The lowest BCUT2D eigenvalue weighted by Crippen LogP contribution is -2.13. The van der Waals surface area contributed by atoms with Crippen LogP contribution in [0, 0.1) is 0 Å². The molecule has 1 aromatic rings. The van der Waals surface area contributed by atoms with Crippen molar-refractivity contribution in [1.29, 1.82) is 0 Å². The Morgan fingerprint density at radius 3 is 3.09 bits per heavy atom. The Kier molecular flexibility index (Phi) is 1.22. The fraction of sp³-hybridized carbons (Fsp3) is 0.286. The predicted molar refractivity (Wildman–Crippen MR) is 42.0 cm³/mol. The second-order valence-electron chi connectivity index (χ2n) is 2.66. The summed E-state index contributed by atoms with van der Waals surface area (Å²) in [7, 11) is 0. The molecule has 0 radical (unpaired) electrons. The molecule has 0 saturated heterocycles. The van der Waals surface area contributed by atoms with Gasteiger partial charge in [-0.3, -0.25) is 4.79 Å². The molecule has 0 fully saturated rings. The first-order valence-electron chi connectivity index (χ1n) is 3.48. The monoisotopic (exact) mass is 151 g/mol. The SMILES string of the molecule is Nc1cc2c([nH]c1=O)CNC2. The van der Waals surface area contributed by atoms with Crippen LogP contribution in [0.25, 0.3) is 0 Å². The van der Waals surface area contributed by atoms with Gasteiger partial charge in [0, 0.05) is 18.8 Å². The summed E-state index contributed by atoms with van der Waals surface area (Å²) < 4.78 is 0. The van der Waals surface area contributed by atoms with Gasteiger partial charge in [-0.25, -0.2) is 0 Å². The molecule has 2 heterocycles. The maximum atomic E-state index is 11.0. The van der Waals surface area contributed by atoms with Crippen molar-refractivity contribution in [2.75, 3.05) is 5.73 Å². The van der Waals surface area contributed by atoms with Crippen LogP contribution in [0.2, 0.25) is 0 Å². The van der Waals surface area contributed by atoms with E-state index in [4.69, 9.17) is 5.73 Å². The molecule has 0 spiro atoms. The lowest BCUT2D eigenvalue weighted by Gasteiger charge is -1.97. The molecule has 0 aromatic carbocycles. The van der Waals surface area contributed by atoms with Crippen LogP contribution in [0.1, 0.15) is 11.3 Å². The lowest BCUT2D eigenvalue weighted by molar-refractivity contribution is 0.757. The maximum absolute atomic E-state index is 11.0. The molecule has 2 rings (SSSR count). The largest absolute Gasteiger partial charge is 0.394 e. The number of aromatic nitrogens is 1. The standard InChI is InChI=1S/C7H9N3O/c8-5-1-4-2-9-3-6(4)10-7(5)11/h1,9H,2-3,8H2,(H,10,11). The number of nitrogens with one attached hydrogen (secondary N) is 2. The van der Waals surface area contributed by atoms with Crippen molar-refractivity contribution in [3.63, 3.8) is 0 Å². The highest BCUT2D eigenvalue weighted by Crippen LogP contribution is 2.11. The second kappa shape index (κ2) is 2.10. The second-order valence-corrected chi connectivity index (χ2v) is 2.66. The molecule has 4 nitrogen and oxygen atoms in total. The van der Waals surface area contributed by atoms with E-state index in [-0.39, 0.29) is 5.56 Å². The van der Waals surface area contributed by atoms with Crippen LogP contribution in [-0.2, 0) is 13.1 Å². The van der Waals surface area contributed by atoms with Gasteiger partial charge in [0.2, 0.25) is 0 Å². The first kappa shape index (κ1) is 6.42. The van der Waals surface area contributed by atoms with Gasteiger partial charge in [-0.05, 0) is 11.6 Å². The van der Waals surface area contributed by atoms with Crippen molar-refractivity contribution in [3.05, 3.63) is 27.7 Å². The van der Waals surface area contributed by atoms with Crippen LogP contribution in [0.5, 0.6) is 0 Å². The molecule has 0 atom stereocenters. The van der Waals surface area contributed by atoms with Gasteiger partial charge in [0.1, 0.15) is 0 Å². The zero-order chi connectivity index (χ0) is 7.84. The number of H-pyrrole nitrogens is 1. The summed E-state index contributed by atoms with van der Waals surface area (Å²) in [6.45, 7) is 1.54. The first-order valence-corrected chi connectivity index (χ1v) is 3.48. The lowest BCUT2D eigenvalue weighted by atomic mass is 10.2. The van der Waals surface area contributed by atoms with E-state index in [1.165, 1.54) is 0 Å². The molecule has 11 heavy (non-hydrogen) atoms.